The first-order valence-corrected chi connectivity index (χ1v) is 6.96. The summed E-state index contributed by atoms with van der Waals surface area (Å²) in [5, 5.41) is 2.38. The molecule has 0 unspecified atom stereocenters. The molecule has 2 heterocycles. The zero-order valence-corrected chi connectivity index (χ0v) is 11.1. The molecule has 5 heteroatoms. The van der Waals surface area contributed by atoms with Gasteiger partial charge in [-0.3, -0.25) is 0 Å². The van der Waals surface area contributed by atoms with E-state index in [0.29, 0.717) is 0 Å². The number of thioether (sulfide) groups is 1. The second-order valence-electron chi connectivity index (χ2n) is 4.16. The third-order valence-electron chi connectivity index (χ3n) is 2.92. The van der Waals surface area contributed by atoms with E-state index in [1.54, 1.807) is 18.0 Å². The summed E-state index contributed by atoms with van der Waals surface area (Å²) in [5.74, 6) is 7.00. The highest BCUT2D eigenvalue weighted by Gasteiger charge is 2.05. The summed E-state index contributed by atoms with van der Waals surface area (Å²) >= 11 is 1.74. The molecule has 0 saturated heterocycles. The molecule has 0 aliphatic carbocycles. The van der Waals surface area contributed by atoms with Crippen molar-refractivity contribution in [2.75, 3.05) is 5.43 Å². The number of aromatic nitrogens is 2. The van der Waals surface area contributed by atoms with Crippen LogP contribution in [0.15, 0.2) is 53.7 Å². The highest BCUT2D eigenvalue weighted by molar-refractivity contribution is 7.98. The number of nitrogen functional groups attached to an aromatic ring is 1. The average molecular weight is 270 g/mol. The van der Waals surface area contributed by atoms with Gasteiger partial charge in [-0.05, 0) is 18.2 Å². The summed E-state index contributed by atoms with van der Waals surface area (Å²) in [6.45, 7) is 0. The molecule has 0 aliphatic rings. The molecule has 0 fully saturated rings. The summed E-state index contributed by atoms with van der Waals surface area (Å²) in [4.78, 5) is 7.59. The number of rotatable bonds is 4. The van der Waals surface area contributed by atoms with Crippen molar-refractivity contribution in [1.82, 2.24) is 9.97 Å². The Labute approximate surface area is 115 Å². The molecule has 0 radical (unpaired) electrons. The van der Waals surface area contributed by atoms with Crippen molar-refractivity contribution < 1.29 is 0 Å². The molecule has 0 atom stereocenters. The molecule has 3 rings (SSSR count). The molecule has 96 valence electrons. The van der Waals surface area contributed by atoms with E-state index in [4.69, 9.17) is 5.84 Å². The lowest BCUT2D eigenvalue weighted by molar-refractivity contribution is 1.17. The number of benzene rings is 1. The van der Waals surface area contributed by atoms with Gasteiger partial charge >= 0.3 is 0 Å². The minimum absolute atomic E-state index is 0.728. The van der Waals surface area contributed by atoms with Crippen molar-refractivity contribution in [2.24, 2.45) is 5.84 Å². The van der Waals surface area contributed by atoms with Gasteiger partial charge < -0.3 is 10.4 Å². The smallest absolute Gasteiger partial charge is 0.143 e. The van der Waals surface area contributed by atoms with Crippen molar-refractivity contribution in [3.05, 3.63) is 54.2 Å². The molecular formula is C14H14N4S. The molecule has 1 aromatic carbocycles. The fraction of sp³-hybridized carbons (Fsp3) is 0.0714. The Morgan fingerprint density at radius 3 is 2.95 bits per heavy atom. The van der Waals surface area contributed by atoms with E-state index in [9.17, 15) is 0 Å². The first-order valence-electron chi connectivity index (χ1n) is 5.98. The van der Waals surface area contributed by atoms with Crippen LogP contribution in [0.4, 0.5) is 5.82 Å². The third-order valence-corrected chi connectivity index (χ3v) is 3.90. The van der Waals surface area contributed by atoms with Crippen LogP contribution in [0.5, 0.6) is 0 Å². The van der Waals surface area contributed by atoms with Crippen LogP contribution in [0, 0.1) is 0 Å². The summed E-state index contributed by atoms with van der Waals surface area (Å²) in [7, 11) is 0. The van der Waals surface area contributed by atoms with Crippen LogP contribution in [0.2, 0.25) is 0 Å². The number of anilines is 1. The number of nitrogens with two attached hydrogens (primary N) is 1. The lowest BCUT2D eigenvalue weighted by Crippen LogP contribution is -2.10. The first-order chi connectivity index (χ1) is 9.36. The summed E-state index contributed by atoms with van der Waals surface area (Å²) in [5.41, 5.74) is 4.88. The number of pyridine rings is 1. The second-order valence-corrected chi connectivity index (χ2v) is 5.18. The Balaban J connectivity index is 1.78. The predicted molar refractivity (Wildman–Crippen MR) is 79.9 cm³/mol. The molecule has 0 amide bonds. The van der Waals surface area contributed by atoms with Crippen LogP contribution < -0.4 is 11.3 Å². The molecule has 3 aromatic rings. The van der Waals surface area contributed by atoms with Gasteiger partial charge in [-0.15, -0.1) is 11.8 Å². The number of fused-ring (bicyclic) bond motifs is 1. The quantitative estimate of drug-likeness (QED) is 0.387. The van der Waals surface area contributed by atoms with Crippen LogP contribution in [0.1, 0.15) is 5.56 Å². The number of nitrogens with zero attached hydrogens (tertiary/aromatic N) is 1. The molecular weight excluding hydrogens is 256 g/mol. The van der Waals surface area contributed by atoms with Crippen molar-refractivity contribution >= 4 is 28.5 Å². The largest absolute Gasteiger partial charge is 0.350 e. The SMILES string of the molecule is NNc1ncccc1CSc1cc2ccccc2[nH]1. The van der Waals surface area contributed by atoms with Crippen molar-refractivity contribution in [3.8, 4) is 0 Å². The van der Waals surface area contributed by atoms with Gasteiger partial charge in [-0.25, -0.2) is 10.8 Å². The Hall–Kier alpha value is -1.98. The second kappa shape index (κ2) is 5.34. The fourth-order valence-corrected chi connectivity index (χ4v) is 2.90. The Bertz CT molecular complexity index is 659. The van der Waals surface area contributed by atoms with Crippen molar-refractivity contribution in [3.63, 3.8) is 0 Å². The Kier molecular flexibility index (Phi) is 3.39. The molecule has 4 nitrogen and oxygen atoms in total. The number of hydrogen-bond acceptors (Lipinski definition) is 4. The maximum Gasteiger partial charge on any atom is 0.143 e. The average Bonchev–Trinajstić information content (AvgIpc) is 2.88. The lowest BCUT2D eigenvalue weighted by Gasteiger charge is -2.05. The zero-order chi connectivity index (χ0) is 13.1. The van der Waals surface area contributed by atoms with Crippen LogP contribution in [0.3, 0.4) is 0 Å². The first kappa shape index (κ1) is 12.1. The van der Waals surface area contributed by atoms with Gasteiger partial charge in [0, 0.05) is 28.4 Å². The molecule has 0 aliphatic heterocycles. The Morgan fingerprint density at radius 2 is 2.11 bits per heavy atom. The van der Waals surface area contributed by atoms with Crippen LogP contribution in [-0.4, -0.2) is 9.97 Å². The van der Waals surface area contributed by atoms with Gasteiger partial charge in [-0.1, -0.05) is 24.3 Å². The normalized spacial score (nSPS) is 10.8. The Morgan fingerprint density at radius 1 is 1.21 bits per heavy atom. The molecule has 0 saturated carbocycles. The monoisotopic (exact) mass is 270 g/mol. The van der Waals surface area contributed by atoms with Crippen molar-refractivity contribution in [2.45, 2.75) is 10.8 Å². The maximum atomic E-state index is 5.45. The molecule has 19 heavy (non-hydrogen) atoms. The summed E-state index contributed by atoms with van der Waals surface area (Å²) < 4.78 is 0. The molecule has 4 N–H and O–H groups in total. The van der Waals surface area contributed by atoms with E-state index in [-0.39, 0.29) is 0 Å². The number of para-hydroxylation sites is 1. The topological polar surface area (TPSA) is 66.7 Å². The number of aromatic amines is 1. The van der Waals surface area contributed by atoms with Gasteiger partial charge in [0.1, 0.15) is 5.82 Å². The lowest BCUT2D eigenvalue weighted by atomic mass is 10.3. The molecule has 0 bridgehead atoms. The standard InChI is InChI=1S/C14H14N4S/c15-18-14-11(5-3-7-16-14)9-19-13-8-10-4-1-2-6-12(10)17-13/h1-8,17H,9,15H2,(H,16,18). The van der Waals surface area contributed by atoms with Gasteiger partial charge in [-0.2, -0.15) is 0 Å². The number of nitrogens with one attached hydrogen (secondary N) is 2. The minimum atomic E-state index is 0.728. The third kappa shape index (κ3) is 2.57. The van der Waals surface area contributed by atoms with Crippen LogP contribution in [-0.2, 0) is 5.75 Å². The number of hydrazine groups is 1. The van der Waals surface area contributed by atoms with E-state index >= 15 is 0 Å². The van der Waals surface area contributed by atoms with Gasteiger partial charge in [0.05, 0.1) is 5.03 Å². The van der Waals surface area contributed by atoms with E-state index < -0.39 is 0 Å². The molecule has 0 spiro atoms. The van der Waals surface area contributed by atoms with E-state index in [1.165, 1.54) is 5.39 Å². The summed E-state index contributed by atoms with van der Waals surface area (Å²) in [6, 6.07) is 14.4. The van der Waals surface area contributed by atoms with Crippen LogP contribution >= 0.6 is 11.8 Å². The van der Waals surface area contributed by atoms with Crippen LogP contribution in [0.25, 0.3) is 10.9 Å². The van der Waals surface area contributed by atoms with Gasteiger partial charge in [0.2, 0.25) is 0 Å². The van der Waals surface area contributed by atoms with Crippen molar-refractivity contribution in [1.29, 1.82) is 0 Å². The van der Waals surface area contributed by atoms with E-state index in [1.807, 2.05) is 24.3 Å². The number of hydrogen-bond donors (Lipinski definition) is 3. The fourth-order valence-electron chi connectivity index (χ4n) is 1.97. The molecule has 2 aromatic heterocycles. The maximum absolute atomic E-state index is 5.45. The van der Waals surface area contributed by atoms with Gasteiger partial charge in [0.25, 0.3) is 0 Å². The van der Waals surface area contributed by atoms with Gasteiger partial charge in [0.15, 0.2) is 0 Å². The number of H-pyrrole nitrogens is 1. The van der Waals surface area contributed by atoms with E-state index in [2.05, 4.69) is 33.6 Å². The summed E-state index contributed by atoms with van der Waals surface area (Å²) in [6.07, 6.45) is 1.73. The highest BCUT2D eigenvalue weighted by atomic mass is 32.2. The minimum Gasteiger partial charge on any atom is -0.350 e. The predicted octanol–water partition coefficient (Wildman–Crippen LogP) is 3.14. The zero-order valence-electron chi connectivity index (χ0n) is 10.3. The van der Waals surface area contributed by atoms with E-state index in [0.717, 1.165) is 27.7 Å². The highest BCUT2D eigenvalue weighted by Crippen LogP contribution is 2.27.